The van der Waals surface area contributed by atoms with Crippen LogP contribution in [0.2, 0.25) is 0 Å². The van der Waals surface area contributed by atoms with E-state index in [4.69, 9.17) is 0 Å². The molecule has 0 aliphatic heterocycles. The predicted octanol–water partition coefficient (Wildman–Crippen LogP) is 2.06. The highest BCUT2D eigenvalue weighted by atomic mass is 79.9. The minimum absolute atomic E-state index is 0.0289. The Kier molecular flexibility index (Phi) is 1.70. The fourth-order valence-corrected chi connectivity index (χ4v) is 1.90. The molecule has 1 N–H and O–H groups in total. The van der Waals surface area contributed by atoms with E-state index in [0.29, 0.717) is 0 Å². The van der Waals surface area contributed by atoms with E-state index in [1.165, 1.54) is 0 Å². The van der Waals surface area contributed by atoms with Crippen molar-refractivity contribution in [1.82, 2.24) is 0 Å². The monoisotopic (exact) mass is 190 g/mol. The van der Waals surface area contributed by atoms with E-state index in [0.717, 1.165) is 10.9 Å². The molecule has 52 valence electrons. The Morgan fingerprint density at radius 1 is 1.78 bits per heavy atom. The minimum Gasteiger partial charge on any atom is -0.392 e. The number of rotatable bonds is 0. The van der Waals surface area contributed by atoms with Crippen LogP contribution >= 0.6 is 15.9 Å². The van der Waals surface area contributed by atoms with Crippen molar-refractivity contribution in [2.24, 2.45) is 5.41 Å². The van der Waals surface area contributed by atoms with Crippen molar-refractivity contribution in [3.8, 4) is 0 Å². The third-order valence-electron chi connectivity index (χ3n) is 1.78. The highest BCUT2D eigenvalue weighted by Crippen LogP contribution is 2.37. The van der Waals surface area contributed by atoms with Crippen LogP contribution < -0.4 is 0 Å². The van der Waals surface area contributed by atoms with Crippen molar-refractivity contribution in [3.05, 3.63) is 10.6 Å². The van der Waals surface area contributed by atoms with Gasteiger partial charge in [-0.2, -0.15) is 0 Å². The molecule has 1 aliphatic carbocycles. The Morgan fingerprint density at radius 2 is 2.33 bits per heavy atom. The van der Waals surface area contributed by atoms with E-state index in [-0.39, 0.29) is 11.5 Å². The first-order chi connectivity index (χ1) is 4.02. The van der Waals surface area contributed by atoms with Crippen LogP contribution in [0.25, 0.3) is 0 Å². The summed E-state index contributed by atoms with van der Waals surface area (Å²) in [5, 5.41) is 9.35. The molecule has 0 aromatic carbocycles. The van der Waals surface area contributed by atoms with Gasteiger partial charge in [-0.3, -0.25) is 0 Å². The molecule has 0 spiro atoms. The van der Waals surface area contributed by atoms with Gasteiger partial charge in [0.1, 0.15) is 0 Å². The summed E-state index contributed by atoms with van der Waals surface area (Å²) in [6.45, 7) is 4.07. The zero-order chi connectivity index (χ0) is 7.07. The van der Waals surface area contributed by atoms with E-state index in [9.17, 15) is 5.11 Å². The fourth-order valence-electron chi connectivity index (χ4n) is 1.01. The van der Waals surface area contributed by atoms with Crippen LogP contribution in [0.15, 0.2) is 10.6 Å². The van der Waals surface area contributed by atoms with Gasteiger partial charge in [-0.1, -0.05) is 35.9 Å². The maximum Gasteiger partial charge on any atom is 0.0671 e. The van der Waals surface area contributed by atoms with Gasteiger partial charge < -0.3 is 5.11 Å². The molecular weight excluding hydrogens is 180 g/mol. The minimum atomic E-state index is -0.202. The molecule has 0 aromatic heterocycles. The first-order valence-electron chi connectivity index (χ1n) is 3.08. The highest BCUT2D eigenvalue weighted by molar-refractivity contribution is 9.11. The van der Waals surface area contributed by atoms with Crippen LogP contribution in [0.5, 0.6) is 0 Å². The first kappa shape index (κ1) is 7.29. The Balaban J connectivity index is 2.76. The molecule has 1 nitrogen and oxygen atoms in total. The van der Waals surface area contributed by atoms with Crippen molar-refractivity contribution < 1.29 is 5.11 Å². The van der Waals surface area contributed by atoms with Gasteiger partial charge in [-0.05, 0) is 4.48 Å². The van der Waals surface area contributed by atoms with Crippen LogP contribution in [-0.4, -0.2) is 11.2 Å². The zero-order valence-corrected chi connectivity index (χ0v) is 7.27. The van der Waals surface area contributed by atoms with Crippen LogP contribution in [0.3, 0.4) is 0 Å². The van der Waals surface area contributed by atoms with Gasteiger partial charge in [-0.15, -0.1) is 0 Å². The van der Waals surface area contributed by atoms with Gasteiger partial charge >= 0.3 is 0 Å². The average Bonchev–Trinajstić information content (AvgIpc) is 1.79. The molecule has 0 saturated carbocycles. The summed E-state index contributed by atoms with van der Waals surface area (Å²) >= 11 is 3.36. The third kappa shape index (κ3) is 1.36. The standard InChI is InChI=1S/C7H11BrO/c1-7(2)4-5(8)3-6(7)9/h4,6,9H,3H2,1-2H3/t6-/m0/s1. The maximum absolute atomic E-state index is 9.35. The summed E-state index contributed by atoms with van der Waals surface area (Å²) in [4.78, 5) is 0. The van der Waals surface area contributed by atoms with Gasteiger partial charge in [-0.25, -0.2) is 0 Å². The number of halogens is 1. The number of hydrogen-bond acceptors (Lipinski definition) is 1. The summed E-state index contributed by atoms with van der Waals surface area (Å²) in [6, 6.07) is 0. The molecule has 2 heteroatoms. The van der Waals surface area contributed by atoms with Gasteiger partial charge in [0.05, 0.1) is 6.10 Å². The average molecular weight is 191 g/mol. The van der Waals surface area contributed by atoms with Crippen molar-refractivity contribution >= 4 is 15.9 Å². The van der Waals surface area contributed by atoms with Crippen molar-refractivity contribution in [2.45, 2.75) is 26.4 Å². The van der Waals surface area contributed by atoms with Crippen molar-refractivity contribution in [3.63, 3.8) is 0 Å². The lowest BCUT2D eigenvalue weighted by Crippen LogP contribution is -2.21. The topological polar surface area (TPSA) is 20.2 Å². The van der Waals surface area contributed by atoms with Gasteiger partial charge in [0, 0.05) is 11.8 Å². The van der Waals surface area contributed by atoms with Crippen LogP contribution in [0, 0.1) is 5.41 Å². The second-order valence-electron chi connectivity index (χ2n) is 3.13. The Labute approximate surface area is 63.9 Å². The summed E-state index contributed by atoms with van der Waals surface area (Å²) in [5.41, 5.74) is -0.0289. The number of hydrogen-bond donors (Lipinski definition) is 1. The normalized spacial score (nSPS) is 32.4. The fraction of sp³-hybridized carbons (Fsp3) is 0.714. The molecule has 0 heterocycles. The zero-order valence-electron chi connectivity index (χ0n) is 5.69. The summed E-state index contributed by atoms with van der Waals surface area (Å²) in [5.74, 6) is 0. The van der Waals surface area contributed by atoms with E-state index in [1.54, 1.807) is 0 Å². The lowest BCUT2D eigenvalue weighted by molar-refractivity contribution is 0.0966. The smallest absolute Gasteiger partial charge is 0.0671 e. The molecule has 0 amide bonds. The molecular formula is C7H11BrO. The summed E-state index contributed by atoms with van der Waals surface area (Å²) in [7, 11) is 0. The number of aliphatic hydroxyl groups is 1. The molecule has 1 atom stereocenters. The van der Waals surface area contributed by atoms with Crippen LogP contribution in [0.1, 0.15) is 20.3 Å². The SMILES string of the molecule is CC1(C)C=C(Br)C[C@@H]1O. The maximum atomic E-state index is 9.35. The molecule has 1 aliphatic rings. The molecule has 0 radical (unpaired) electrons. The van der Waals surface area contributed by atoms with E-state index in [1.807, 2.05) is 13.8 Å². The Bertz CT molecular complexity index is 149. The van der Waals surface area contributed by atoms with E-state index in [2.05, 4.69) is 22.0 Å². The third-order valence-corrected chi connectivity index (χ3v) is 2.33. The largest absolute Gasteiger partial charge is 0.392 e. The van der Waals surface area contributed by atoms with Crippen molar-refractivity contribution in [1.29, 1.82) is 0 Å². The molecule has 9 heavy (non-hydrogen) atoms. The molecule has 0 saturated heterocycles. The second-order valence-corrected chi connectivity index (χ2v) is 4.15. The second kappa shape index (κ2) is 2.10. The molecule has 0 aromatic rings. The Morgan fingerprint density at radius 3 is 2.44 bits per heavy atom. The Hall–Kier alpha value is 0.180. The van der Waals surface area contributed by atoms with E-state index >= 15 is 0 Å². The highest BCUT2D eigenvalue weighted by Gasteiger charge is 2.31. The van der Waals surface area contributed by atoms with Gasteiger partial charge in [0.15, 0.2) is 0 Å². The quantitative estimate of drug-likeness (QED) is 0.621. The predicted molar refractivity (Wildman–Crippen MR) is 41.4 cm³/mol. The number of aliphatic hydroxyl groups excluding tert-OH is 1. The summed E-state index contributed by atoms with van der Waals surface area (Å²) in [6.07, 6.45) is 2.64. The van der Waals surface area contributed by atoms with E-state index < -0.39 is 0 Å². The van der Waals surface area contributed by atoms with Crippen molar-refractivity contribution in [2.75, 3.05) is 0 Å². The summed E-state index contributed by atoms with van der Waals surface area (Å²) < 4.78 is 1.13. The molecule has 0 bridgehead atoms. The van der Waals surface area contributed by atoms with Crippen LogP contribution in [0.4, 0.5) is 0 Å². The molecule has 1 rings (SSSR count). The molecule has 0 fully saturated rings. The van der Waals surface area contributed by atoms with Gasteiger partial charge in [0.2, 0.25) is 0 Å². The van der Waals surface area contributed by atoms with Crippen LogP contribution in [-0.2, 0) is 0 Å². The molecule has 0 unspecified atom stereocenters. The van der Waals surface area contributed by atoms with Gasteiger partial charge in [0.25, 0.3) is 0 Å². The lowest BCUT2D eigenvalue weighted by atomic mass is 9.91. The lowest BCUT2D eigenvalue weighted by Gasteiger charge is -2.19. The first-order valence-corrected chi connectivity index (χ1v) is 3.87.